The zero-order valence-electron chi connectivity index (χ0n) is 17.1. The van der Waals surface area contributed by atoms with Crippen LogP contribution in [0.2, 0.25) is 0 Å². The van der Waals surface area contributed by atoms with Gasteiger partial charge in [0.2, 0.25) is 5.91 Å². The molecule has 2 aromatic carbocycles. The number of hydrazine groups is 1. The Bertz CT molecular complexity index is 1090. The Labute approximate surface area is 179 Å². The number of carbonyl (C=O) groups is 3. The first-order valence-electron chi connectivity index (χ1n) is 9.57. The SMILES string of the molecule is Cc1ccc(C(=O)CCC(=O)NNC(=O)c2sc(-c3ccccc3)nc2C)cc1C. The standard InChI is InChI=1S/C23H23N3O3S/c1-14-9-10-18(13-15(14)2)19(27)11-12-20(28)25-26-22(29)21-16(3)24-23(30-21)17-7-5-4-6-8-17/h4-10,13H,11-12H2,1-3H3,(H,25,28)(H,26,29). The van der Waals surface area contributed by atoms with Crippen LogP contribution in [0.25, 0.3) is 10.6 Å². The largest absolute Gasteiger partial charge is 0.294 e. The third-order valence-electron chi connectivity index (χ3n) is 4.75. The van der Waals surface area contributed by atoms with Gasteiger partial charge in [0.25, 0.3) is 5.91 Å². The molecule has 0 atom stereocenters. The van der Waals surface area contributed by atoms with Gasteiger partial charge in [0.1, 0.15) is 9.88 Å². The monoisotopic (exact) mass is 421 g/mol. The number of thiazole rings is 1. The lowest BCUT2D eigenvalue weighted by Crippen LogP contribution is -2.41. The summed E-state index contributed by atoms with van der Waals surface area (Å²) in [5.41, 5.74) is 9.03. The van der Waals surface area contributed by atoms with E-state index in [0.717, 1.165) is 21.7 Å². The fourth-order valence-electron chi connectivity index (χ4n) is 2.84. The van der Waals surface area contributed by atoms with Crippen molar-refractivity contribution in [1.82, 2.24) is 15.8 Å². The van der Waals surface area contributed by atoms with Crippen LogP contribution < -0.4 is 10.9 Å². The van der Waals surface area contributed by atoms with E-state index in [0.29, 0.717) is 16.1 Å². The molecule has 3 rings (SSSR count). The van der Waals surface area contributed by atoms with E-state index in [1.807, 2.05) is 56.3 Å². The van der Waals surface area contributed by atoms with E-state index in [2.05, 4.69) is 15.8 Å². The van der Waals surface area contributed by atoms with Crippen LogP contribution in [0.15, 0.2) is 48.5 Å². The Morgan fingerprint density at radius 2 is 1.63 bits per heavy atom. The molecule has 7 heteroatoms. The second-order valence-corrected chi connectivity index (χ2v) is 8.02. The number of hydrogen-bond acceptors (Lipinski definition) is 5. The predicted octanol–water partition coefficient (Wildman–Crippen LogP) is 4.16. The van der Waals surface area contributed by atoms with Crippen LogP contribution in [0.5, 0.6) is 0 Å². The molecule has 30 heavy (non-hydrogen) atoms. The Balaban J connectivity index is 1.52. The van der Waals surface area contributed by atoms with Gasteiger partial charge in [-0.3, -0.25) is 25.2 Å². The summed E-state index contributed by atoms with van der Waals surface area (Å²) in [5.74, 6) is -0.961. The summed E-state index contributed by atoms with van der Waals surface area (Å²) in [4.78, 5) is 41.6. The number of benzene rings is 2. The Morgan fingerprint density at radius 3 is 2.33 bits per heavy atom. The molecule has 0 aliphatic rings. The molecule has 0 fully saturated rings. The highest BCUT2D eigenvalue weighted by Crippen LogP contribution is 2.27. The average Bonchev–Trinajstić information content (AvgIpc) is 3.14. The molecule has 1 heterocycles. The van der Waals surface area contributed by atoms with Gasteiger partial charge in [-0.05, 0) is 38.0 Å². The van der Waals surface area contributed by atoms with Crippen LogP contribution in [0.1, 0.15) is 49.7 Å². The second-order valence-electron chi connectivity index (χ2n) is 7.02. The van der Waals surface area contributed by atoms with E-state index < -0.39 is 11.8 Å². The van der Waals surface area contributed by atoms with Gasteiger partial charge in [0, 0.05) is 24.0 Å². The average molecular weight is 422 g/mol. The van der Waals surface area contributed by atoms with E-state index in [9.17, 15) is 14.4 Å². The summed E-state index contributed by atoms with van der Waals surface area (Å²) in [7, 11) is 0. The van der Waals surface area contributed by atoms with Gasteiger partial charge in [-0.1, -0.05) is 42.5 Å². The Kier molecular flexibility index (Phi) is 6.74. The van der Waals surface area contributed by atoms with Crippen LogP contribution in [0, 0.1) is 20.8 Å². The van der Waals surface area contributed by atoms with Crippen LogP contribution >= 0.6 is 11.3 Å². The zero-order valence-corrected chi connectivity index (χ0v) is 17.9. The molecule has 0 spiro atoms. The van der Waals surface area contributed by atoms with Gasteiger partial charge < -0.3 is 0 Å². The number of ketones is 1. The molecule has 0 aliphatic heterocycles. The highest BCUT2D eigenvalue weighted by atomic mass is 32.1. The van der Waals surface area contributed by atoms with Crippen molar-refractivity contribution < 1.29 is 14.4 Å². The number of nitrogens with zero attached hydrogens (tertiary/aromatic N) is 1. The summed E-state index contributed by atoms with van der Waals surface area (Å²) >= 11 is 1.26. The predicted molar refractivity (Wildman–Crippen MR) is 117 cm³/mol. The molecular formula is C23H23N3O3S. The molecule has 0 radical (unpaired) electrons. The fraction of sp³-hybridized carbons (Fsp3) is 0.217. The summed E-state index contributed by atoms with van der Waals surface area (Å²) < 4.78 is 0. The number of aromatic nitrogens is 1. The molecule has 2 amide bonds. The highest BCUT2D eigenvalue weighted by Gasteiger charge is 2.17. The first-order valence-corrected chi connectivity index (χ1v) is 10.4. The van der Waals surface area contributed by atoms with Crippen LogP contribution in [0.4, 0.5) is 0 Å². The molecule has 0 bridgehead atoms. The number of amides is 2. The third-order valence-corrected chi connectivity index (χ3v) is 5.95. The van der Waals surface area contributed by atoms with Crippen LogP contribution in [0.3, 0.4) is 0 Å². The molecule has 3 aromatic rings. The molecule has 0 saturated carbocycles. The maximum absolute atomic E-state index is 12.4. The normalized spacial score (nSPS) is 10.5. The van der Waals surface area contributed by atoms with Crippen molar-refractivity contribution in [3.05, 3.63) is 75.8 Å². The van der Waals surface area contributed by atoms with Crippen molar-refractivity contribution in [1.29, 1.82) is 0 Å². The van der Waals surface area contributed by atoms with Gasteiger partial charge in [0.15, 0.2) is 5.78 Å². The van der Waals surface area contributed by atoms with E-state index in [-0.39, 0.29) is 18.6 Å². The number of aryl methyl sites for hydroxylation is 3. The second kappa shape index (κ2) is 9.45. The molecule has 0 aliphatic carbocycles. The summed E-state index contributed by atoms with van der Waals surface area (Å²) in [6, 6.07) is 15.1. The fourth-order valence-corrected chi connectivity index (χ4v) is 3.81. The van der Waals surface area contributed by atoms with Crippen molar-refractivity contribution >= 4 is 28.9 Å². The molecule has 6 nitrogen and oxygen atoms in total. The van der Waals surface area contributed by atoms with E-state index in [4.69, 9.17) is 0 Å². The number of hydrogen-bond donors (Lipinski definition) is 2. The minimum absolute atomic E-state index is 0.0109. The topological polar surface area (TPSA) is 88.2 Å². The Morgan fingerprint density at radius 1 is 0.900 bits per heavy atom. The minimum atomic E-state index is -0.430. The van der Waals surface area contributed by atoms with Gasteiger partial charge in [-0.25, -0.2) is 4.98 Å². The zero-order chi connectivity index (χ0) is 21.7. The van der Waals surface area contributed by atoms with Crippen molar-refractivity contribution in [2.45, 2.75) is 33.6 Å². The third kappa shape index (κ3) is 5.18. The molecule has 0 unspecified atom stereocenters. The minimum Gasteiger partial charge on any atom is -0.294 e. The maximum Gasteiger partial charge on any atom is 0.281 e. The Hall–Kier alpha value is -3.32. The van der Waals surface area contributed by atoms with Crippen molar-refractivity contribution in [3.8, 4) is 10.6 Å². The lowest BCUT2D eigenvalue weighted by molar-refractivity contribution is -0.121. The first kappa shape index (κ1) is 21.4. The van der Waals surface area contributed by atoms with Gasteiger partial charge in [-0.2, -0.15) is 0 Å². The number of nitrogens with one attached hydrogen (secondary N) is 2. The summed E-state index contributed by atoms with van der Waals surface area (Å²) in [6.07, 6.45) is 0.0604. The van der Waals surface area contributed by atoms with Crippen molar-refractivity contribution in [2.24, 2.45) is 0 Å². The van der Waals surface area contributed by atoms with Gasteiger partial charge in [0.05, 0.1) is 5.69 Å². The van der Waals surface area contributed by atoms with E-state index in [1.165, 1.54) is 11.3 Å². The molecule has 1 aromatic heterocycles. The van der Waals surface area contributed by atoms with Crippen molar-refractivity contribution in [2.75, 3.05) is 0 Å². The van der Waals surface area contributed by atoms with Crippen LogP contribution in [-0.2, 0) is 4.79 Å². The summed E-state index contributed by atoms with van der Waals surface area (Å²) in [5, 5.41) is 0.739. The van der Waals surface area contributed by atoms with Crippen molar-refractivity contribution in [3.63, 3.8) is 0 Å². The van der Waals surface area contributed by atoms with Gasteiger partial charge in [-0.15, -0.1) is 11.3 Å². The molecule has 2 N–H and O–H groups in total. The number of Topliss-reactive ketones (excluding diaryl/α,β-unsaturated/α-hetero) is 1. The van der Waals surface area contributed by atoms with E-state index in [1.54, 1.807) is 13.0 Å². The highest BCUT2D eigenvalue weighted by molar-refractivity contribution is 7.17. The quantitative estimate of drug-likeness (QED) is 0.462. The lowest BCUT2D eigenvalue weighted by atomic mass is 10.0. The molecular weight excluding hydrogens is 398 g/mol. The molecule has 0 saturated heterocycles. The van der Waals surface area contributed by atoms with Crippen LogP contribution in [-0.4, -0.2) is 22.6 Å². The lowest BCUT2D eigenvalue weighted by Gasteiger charge is -2.07. The number of carbonyl (C=O) groups excluding carboxylic acids is 3. The molecule has 154 valence electrons. The van der Waals surface area contributed by atoms with Gasteiger partial charge >= 0.3 is 0 Å². The first-order chi connectivity index (χ1) is 14.3. The maximum atomic E-state index is 12.4. The van der Waals surface area contributed by atoms with E-state index >= 15 is 0 Å². The number of rotatable bonds is 6. The summed E-state index contributed by atoms with van der Waals surface area (Å²) in [6.45, 7) is 5.67. The smallest absolute Gasteiger partial charge is 0.281 e.